The smallest absolute Gasteiger partial charge is 0.243 e. The molecule has 2 aromatic rings. The first-order chi connectivity index (χ1) is 12.4. The maximum absolute atomic E-state index is 12.2. The molecule has 1 amide bonds. The van der Waals surface area contributed by atoms with Crippen LogP contribution in [0.2, 0.25) is 0 Å². The SMILES string of the molecule is CC(C)COc1ccccc1NCC(=O)Nc1ccc(OC(C)C)cc1. The molecule has 5 heteroatoms. The second kappa shape index (κ2) is 9.70. The average Bonchev–Trinajstić information content (AvgIpc) is 2.60. The van der Waals surface area contributed by atoms with E-state index in [4.69, 9.17) is 9.47 Å². The Balaban J connectivity index is 1.87. The maximum Gasteiger partial charge on any atom is 0.243 e. The van der Waals surface area contributed by atoms with Gasteiger partial charge in [-0.1, -0.05) is 26.0 Å². The van der Waals surface area contributed by atoms with Crippen LogP contribution in [0.15, 0.2) is 48.5 Å². The first-order valence-electron chi connectivity index (χ1n) is 8.96. The van der Waals surface area contributed by atoms with E-state index >= 15 is 0 Å². The lowest BCUT2D eigenvalue weighted by Crippen LogP contribution is -2.22. The van der Waals surface area contributed by atoms with Crippen molar-refractivity contribution in [3.05, 3.63) is 48.5 Å². The van der Waals surface area contributed by atoms with E-state index in [0.717, 1.165) is 22.9 Å². The third-order valence-electron chi connectivity index (χ3n) is 3.41. The van der Waals surface area contributed by atoms with E-state index in [1.165, 1.54) is 0 Å². The second-order valence-corrected chi connectivity index (χ2v) is 6.79. The van der Waals surface area contributed by atoms with Gasteiger partial charge in [0.05, 0.1) is 24.9 Å². The summed E-state index contributed by atoms with van der Waals surface area (Å²) in [5.74, 6) is 1.85. The molecule has 0 atom stereocenters. The Morgan fingerprint density at radius 3 is 2.35 bits per heavy atom. The van der Waals surface area contributed by atoms with Crippen molar-refractivity contribution in [2.75, 3.05) is 23.8 Å². The summed E-state index contributed by atoms with van der Waals surface area (Å²) in [7, 11) is 0. The van der Waals surface area contributed by atoms with Crippen molar-refractivity contribution < 1.29 is 14.3 Å². The van der Waals surface area contributed by atoms with Gasteiger partial charge in [0.1, 0.15) is 11.5 Å². The first-order valence-corrected chi connectivity index (χ1v) is 8.96. The van der Waals surface area contributed by atoms with E-state index in [1.807, 2.05) is 62.4 Å². The zero-order valence-corrected chi connectivity index (χ0v) is 15.9. The van der Waals surface area contributed by atoms with Gasteiger partial charge >= 0.3 is 0 Å². The second-order valence-electron chi connectivity index (χ2n) is 6.79. The molecule has 0 aliphatic heterocycles. The monoisotopic (exact) mass is 356 g/mol. The van der Waals surface area contributed by atoms with Crippen LogP contribution in [0.4, 0.5) is 11.4 Å². The number of hydrogen-bond donors (Lipinski definition) is 2. The number of anilines is 2. The molecule has 0 aliphatic carbocycles. The molecule has 2 N–H and O–H groups in total. The van der Waals surface area contributed by atoms with Crippen LogP contribution < -0.4 is 20.1 Å². The van der Waals surface area contributed by atoms with Crippen LogP contribution in [0, 0.1) is 5.92 Å². The van der Waals surface area contributed by atoms with Gasteiger partial charge in [0.25, 0.3) is 0 Å². The molecule has 0 aliphatic rings. The lowest BCUT2D eigenvalue weighted by Gasteiger charge is -2.14. The van der Waals surface area contributed by atoms with Gasteiger partial charge in [-0.25, -0.2) is 0 Å². The van der Waals surface area contributed by atoms with Crippen molar-refractivity contribution in [1.29, 1.82) is 0 Å². The number of para-hydroxylation sites is 2. The summed E-state index contributed by atoms with van der Waals surface area (Å²) >= 11 is 0. The van der Waals surface area contributed by atoms with Crippen molar-refractivity contribution in [2.24, 2.45) is 5.92 Å². The highest BCUT2D eigenvalue weighted by Crippen LogP contribution is 2.24. The van der Waals surface area contributed by atoms with Crippen LogP contribution in [0.3, 0.4) is 0 Å². The lowest BCUT2D eigenvalue weighted by atomic mass is 10.2. The van der Waals surface area contributed by atoms with Crippen molar-refractivity contribution in [1.82, 2.24) is 0 Å². The minimum atomic E-state index is -0.124. The van der Waals surface area contributed by atoms with Gasteiger partial charge < -0.3 is 20.1 Å². The molecule has 0 saturated carbocycles. The highest BCUT2D eigenvalue weighted by Gasteiger charge is 2.07. The van der Waals surface area contributed by atoms with Gasteiger partial charge in [-0.05, 0) is 56.2 Å². The summed E-state index contributed by atoms with van der Waals surface area (Å²) < 4.78 is 11.4. The van der Waals surface area contributed by atoms with Crippen LogP contribution in [0.25, 0.3) is 0 Å². The van der Waals surface area contributed by atoms with Crippen molar-refractivity contribution in [3.8, 4) is 11.5 Å². The molecule has 0 unspecified atom stereocenters. The standard InChI is InChI=1S/C21H28N2O3/c1-15(2)14-25-20-8-6-5-7-19(20)22-13-21(24)23-17-9-11-18(12-10-17)26-16(3)4/h5-12,15-16,22H,13-14H2,1-4H3,(H,23,24). The molecular weight excluding hydrogens is 328 g/mol. The highest BCUT2D eigenvalue weighted by atomic mass is 16.5. The molecule has 0 bridgehead atoms. The molecule has 0 fully saturated rings. The van der Waals surface area contributed by atoms with Crippen LogP contribution in [-0.2, 0) is 4.79 Å². The summed E-state index contributed by atoms with van der Waals surface area (Å²) in [6.07, 6.45) is 0.123. The molecule has 0 radical (unpaired) electrons. The summed E-state index contributed by atoms with van der Waals surface area (Å²) in [6, 6.07) is 15.0. The number of nitrogens with one attached hydrogen (secondary N) is 2. The zero-order chi connectivity index (χ0) is 18.9. The Bertz CT molecular complexity index is 697. The van der Waals surface area contributed by atoms with Crippen molar-refractivity contribution in [2.45, 2.75) is 33.8 Å². The van der Waals surface area contributed by atoms with E-state index in [9.17, 15) is 4.79 Å². The Labute approximate surface area is 155 Å². The van der Waals surface area contributed by atoms with Gasteiger partial charge in [-0.2, -0.15) is 0 Å². The van der Waals surface area contributed by atoms with Crippen LogP contribution >= 0.6 is 0 Å². The van der Waals surface area contributed by atoms with Crippen molar-refractivity contribution in [3.63, 3.8) is 0 Å². The minimum Gasteiger partial charge on any atom is -0.491 e. The average molecular weight is 356 g/mol. The third kappa shape index (κ3) is 6.67. The van der Waals surface area contributed by atoms with E-state index in [1.54, 1.807) is 0 Å². The molecule has 0 saturated heterocycles. The molecule has 0 spiro atoms. The Hall–Kier alpha value is -2.69. The predicted octanol–water partition coefficient (Wildman–Crippen LogP) is 4.56. The van der Waals surface area contributed by atoms with E-state index < -0.39 is 0 Å². The molecule has 2 aromatic carbocycles. The summed E-state index contributed by atoms with van der Waals surface area (Å²) in [6.45, 7) is 8.94. The number of amides is 1. The van der Waals surface area contributed by atoms with Gasteiger partial charge in [-0.3, -0.25) is 4.79 Å². The Morgan fingerprint density at radius 1 is 1.00 bits per heavy atom. The first kappa shape index (κ1) is 19.6. The Kier molecular flexibility index (Phi) is 7.33. The molecule has 5 nitrogen and oxygen atoms in total. The number of carbonyl (C=O) groups excluding carboxylic acids is 1. The number of ether oxygens (including phenoxy) is 2. The molecule has 26 heavy (non-hydrogen) atoms. The van der Waals surface area contributed by atoms with Gasteiger partial charge in [-0.15, -0.1) is 0 Å². The van der Waals surface area contributed by atoms with E-state index in [0.29, 0.717) is 12.5 Å². The molecule has 0 heterocycles. The van der Waals surface area contributed by atoms with Crippen molar-refractivity contribution >= 4 is 17.3 Å². The summed E-state index contributed by atoms with van der Waals surface area (Å²) in [5, 5.41) is 6.00. The normalized spacial score (nSPS) is 10.7. The topological polar surface area (TPSA) is 59.6 Å². The number of hydrogen-bond acceptors (Lipinski definition) is 4. The number of carbonyl (C=O) groups is 1. The number of benzene rings is 2. The van der Waals surface area contributed by atoms with Gasteiger partial charge in [0, 0.05) is 5.69 Å². The predicted molar refractivity (Wildman–Crippen MR) is 106 cm³/mol. The fourth-order valence-electron chi connectivity index (χ4n) is 2.26. The van der Waals surface area contributed by atoms with Gasteiger partial charge in [0.2, 0.25) is 5.91 Å². The van der Waals surface area contributed by atoms with E-state index in [2.05, 4.69) is 24.5 Å². The third-order valence-corrected chi connectivity index (χ3v) is 3.41. The molecule has 2 rings (SSSR count). The molecule has 140 valence electrons. The molecule has 0 aromatic heterocycles. The molecular formula is C21H28N2O3. The quantitative estimate of drug-likeness (QED) is 0.691. The lowest BCUT2D eigenvalue weighted by molar-refractivity contribution is -0.114. The minimum absolute atomic E-state index is 0.123. The zero-order valence-electron chi connectivity index (χ0n) is 15.9. The fraction of sp³-hybridized carbons (Fsp3) is 0.381. The Morgan fingerprint density at radius 2 is 1.69 bits per heavy atom. The summed E-state index contributed by atoms with van der Waals surface area (Å²) in [4.78, 5) is 12.2. The van der Waals surface area contributed by atoms with Gasteiger partial charge in [0.15, 0.2) is 0 Å². The van der Waals surface area contributed by atoms with E-state index in [-0.39, 0.29) is 18.6 Å². The number of rotatable bonds is 9. The largest absolute Gasteiger partial charge is 0.491 e. The highest BCUT2D eigenvalue weighted by molar-refractivity contribution is 5.94. The summed E-state index contributed by atoms with van der Waals surface area (Å²) in [5.41, 5.74) is 1.54. The van der Waals surface area contributed by atoms with Crippen LogP contribution in [0.5, 0.6) is 11.5 Å². The van der Waals surface area contributed by atoms with Crippen LogP contribution in [-0.4, -0.2) is 25.2 Å². The maximum atomic E-state index is 12.2. The van der Waals surface area contributed by atoms with Crippen LogP contribution in [0.1, 0.15) is 27.7 Å². The fourth-order valence-corrected chi connectivity index (χ4v) is 2.26.